The highest BCUT2D eigenvalue weighted by atomic mass is 16.5. The number of quaternary nitrogens is 1. The lowest BCUT2D eigenvalue weighted by atomic mass is 9.96. The highest BCUT2D eigenvalue weighted by molar-refractivity contribution is 5.98. The zero-order valence-corrected chi connectivity index (χ0v) is 28.3. The summed E-state index contributed by atoms with van der Waals surface area (Å²) >= 11 is 0. The quantitative estimate of drug-likeness (QED) is 0.355. The van der Waals surface area contributed by atoms with E-state index in [0.29, 0.717) is 18.2 Å². The van der Waals surface area contributed by atoms with Crippen molar-refractivity contribution >= 4 is 28.7 Å². The molecule has 6 rings (SSSR count). The Morgan fingerprint density at radius 2 is 1.62 bits per heavy atom. The predicted octanol–water partition coefficient (Wildman–Crippen LogP) is 6.32. The summed E-state index contributed by atoms with van der Waals surface area (Å²) in [5, 5.41) is 8.04. The molecule has 4 aliphatic rings. The first-order chi connectivity index (χ1) is 21.9. The van der Waals surface area contributed by atoms with Gasteiger partial charge in [0.2, 0.25) is 5.91 Å². The van der Waals surface area contributed by atoms with Gasteiger partial charge in [0, 0.05) is 76.3 Å². The van der Waals surface area contributed by atoms with Crippen LogP contribution in [0.15, 0.2) is 36.4 Å². The van der Waals surface area contributed by atoms with Crippen LogP contribution in [0.1, 0.15) is 77.7 Å². The van der Waals surface area contributed by atoms with Crippen LogP contribution in [0.5, 0.6) is 5.75 Å². The molecule has 0 aromatic heterocycles. The van der Waals surface area contributed by atoms with Gasteiger partial charge in [-0.3, -0.25) is 9.69 Å². The van der Waals surface area contributed by atoms with Crippen molar-refractivity contribution < 1.29 is 14.0 Å². The fourth-order valence-corrected chi connectivity index (χ4v) is 8.49. The summed E-state index contributed by atoms with van der Waals surface area (Å²) < 4.78 is 7.21. The van der Waals surface area contributed by atoms with E-state index in [-0.39, 0.29) is 5.91 Å². The minimum absolute atomic E-state index is 0.129. The van der Waals surface area contributed by atoms with Gasteiger partial charge in [-0.25, -0.2) is 0 Å². The molecule has 2 unspecified atom stereocenters. The number of carbonyl (C=O) groups is 1. The molecular formula is C37H57N6O2+. The van der Waals surface area contributed by atoms with Gasteiger partial charge in [-0.05, 0) is 69.7 Å². The van der Waals surface area contributed by atoms with Crippen molar-refractivity contribution in [1.29, 1.82) is 0 Å². The van der Waals surface area contributed by atoms with Gasteiger partial charge in [-0.1, -0.05) is 25.0 Å². The Morgan fingerprint density at radius 1 is 0.889 bits per heavy atom. The molecule has 2 aromatic rings. The second kappa shape index (κ2) is 14.2. The third-order valence-corrected chi connectivity index (χ3v) is 11.2. The maximum atomic E-state index is 12.5. The fourth-order valence-electron chi connectivity index (χ4n) is 8.49. The predicted molar refractivity (Wildman–Crippen MR) is 187 cm³/mol. The maximum Gasteiger partial charge on any atom is 0.223 e. The number of benzene rings is 2. The molecule has 2 atom stereocenters. The summed E-state index contributed by atoms with van der Waals surface area (Å²) in [6, 6.07) is 14.2. The molecule has 8 heteroatoms. The Hall–Kier alpha value is -2.97. The maximum absolute atomic E-state index is 12.5. The van der Waals surface area contributed by atoms with Crippen LogP contribution >= 0.6 is 0 Å². The number of nitrogens with one attached hydrogen (secondary N) is 2. The molecule has 4 aliphatic heterocycles. The summed E-state index contributed by atoms with van der Waals surface area (Å²) in [4.78, 5) is 19.5. The van der Waals surface area contributed by atoms with Gasteiger partial charge in [-0.2, -0.15) is 0 Å². The highest BCUT2D eigenvalue weighted by Crippen LogP contribution is 2.39. The number of hydrogen-bond acceptors (Lipinski definition) is 6. The molecule has 246 valence electrons. The number of rotatable bonds is 7. The van der Waals surface area contributed by atoms with Crippen LogP contribution in [-0.2, 0) is 11.2 Å². The van der Waals surface area contributed by atoms with E-state index >= 15 is 0 Å². The second-order valence-corrected chi connectivity index (χ2v) is 14.3. The zero-order chi connectivity index (χ0) is 31.4. The van der Waals surface area contributed by atoms with E-state index in [1.165, 1.54) is 69.4 Å². The molecule has 8 nitrogen and oxygen atoms in total. The zero-order valence-electron chi connectivity index (χ0n) is 28.3. The van der Waals surface area contributed by atoms with Crippen LogP contribution in [0.4, 0.5) is 22.7 Å². The molecule has 2 aromatic carbocycles. The van der Waals surface area contributed by atoms with Crippen LogP contribution in [0.3, 0.4) is 0 Å². The molecule has 4 heterocycles. The van der Waals surface area contributed by atoms with Gasteiger partial charge in [0.1, 0.15) is 5.75 Å². The highest BCUT2D eigenvalue weighted by Gasteiger charge is 2.43. The molecule has 2 N–H and O–H groups in total. The van der Waals surface area contributed by atoms with Crippen molar-refractivity contribution in [1.82, 2.24) is 4.90 Å². The third kappa shape index (κ3) is 7.07. The van der Waals surface area contributed by atoms with E-state index in [9.17, 15) is 4.79 Å². The monoisotopic (exact) mass is 617 g/mol. The Morgan fingerprint density at radius 3 is 2.31 bits per heavy atom. The molecule has 3 fully saturated rings. The second-order valence-electron chi connectivity index (χ2n) is 14.3. The number of methoxy groups -OCH3 is 1. The largest absolute Gasteiger partial charge is 0.495 e. The Bertz CT molecular complexity index is 1300. The van der Waals surface area contributed by atoms with Crippen LogP contribution < -0.4 is 25.2 Å². The first kappa shape index (κ1) is 32.0. The van der Waals surface area contributed by atoms with E-state index in [2.05, 4.69) is 70.7 Å². The third-order valence-electron chi connectivity index (χ3n) is 11.2. The summed E-state index contributed by atoms with van der Waals surface area (Å²) in [5.41, 5.74) is 5.84. The minimum atomic E-state index is 0.129. The van der Waals surface area contributed by atoms with E-state index in [1.807, 2.05) is 12.0 Å². The van der Waals surface area contributed by atoms with Crippen molar-refractivity contribution in [3.63, 3.8) is 0 Å². The molecule has 0 aliphatic carbocycles. The standard InChI is InChI=1S/C37H57N6O2/c1-28(2)40-19-21-41(22-20-40)32-14-15-33(35(27-32)45-4)39-36-26-31(17-25-43(36)23-9-7-5-6-8-10-24-43)38-34-13-11-12-30-16-18-42(29(3)44)37(30)34/h11-15,27-28,31,36,38-39H,5-10,16-26H2,1-4H3/q+1. The van der Waals surface area contributed by atoms with Crippen molar-refractivity contribution in [2.45, 2.75) is 96.8 Å². The SMILES string of the molecule is COc1cc(N2CCN(C(C)C)CC2)ccc1NC1CC(Nc2cccc3c2N(C(C)=O)CC3)CC[N+]12CCCCCCCC2. The lowest BCUT2D eigenvalue weighted by molar-refractivity contribution is -0.952. The number of hydrogen-bond donors (Lipinski definition) is 2. The first-order valence-corrected chi connectivity index (χ1v) is 17.8. The average Bonchev–Trinajstić information content (AvgIpc) is 3.53. The van der Waals surface area contributed by atoms with Crippen molar-refractivity contribution in [2.75, 3.05) is 79.9 Å². The first-order valence-electron chi connectivity index (χ1n) is 17.8. The van der Waals surface area contributed by atoms with Crippen LogP contribution in [0.2, 0.25) is 0 Å². The lowest BCUT2D eigenvalue weighted by Crippen LogP contribution is -2.64. The number of nitrogens with zero attached hydrogens (tertiary/aromatic N) is 4. The summed E-state index contributed by atoms with van der Waals surface area (Å²) in [5.74, 6) is 1.07. The summed E-state index contributed by atoms with van der Waals surface area (Å²) in [7, 11) is 1.81. The average molecular weight is 618 g/mol. The lowest BCUT2D eigenvalue weighted by Gasteiger charge is -2.50. The van der Waals surface area contributed by atoms with Gasteiger partial charge < -0.3 is 29.7 Å². The molecule has 0 radical (unpaired) electrons. The molecule has 1 amide bonds. The van der Waals surface area contributed by atoms with Gasteiger partial charge >= 0.3 is 0 Å². The Labute approximate surface area is 271 Å². The molecule has 0 saturated carbocycles. The smallest absolute Gasteiger partial charge is 0.223 e. The van der Waals surface area contributed by atoms with E-state index in [1.54, 1.807) is 6.92 Å². The topological polar surface area (TPSA) is 60.1 Å². The molecule has 45 heavy (non-hydrogen) atoms. The van der Waals surface area contributed by atoms with Crippen LogP contribution in [0, 0.1) is 0 Å². The van der Waals surface area contributed by atoms with Gasteiger partial charge in [0.05, 0.1) is 43.8 Å². The number of amides is 1. The fraction of sp³-hybridized carbons (Fsp3) is 0.649. The number of carbonyl (C=O) groups excluding carboxylic acids is 1. The van der Waals surface area contributed by atoms with Crippen LogP contribution in [-0.4, -0.2) is 93.0 Å². The van der Waals surface area contributed by atoms with Gasteiger partial charge in [0.15, 0.2) is 6.17 Å². The Kier molecular flexibility index (Phi) is 10.1. The number of piperidine rings is 1. The number of fused-ring (bicyclic) bond motifs is 1. The van der Waals surface area contributed by atoms with Crippen LogP contribution in [0.25, 0.3) is 0 Å². The molecule has 0 bridgehead atoms. The van der Waals surface area contributed by atoms with Crippen molar-refractivity contribution in [2.24, 2.45) is 0 Å². The molecule has 3 saturated heterocycles. The van der Waals surface area contributed by atoms with E-state index in [0.717, 1.165) is 79.3 Å². The normalized spacial score (nSPS) is 24.1. The summed E-state index contributed by atoms with van der Waals surface area (Å²) in [6.45, 7) is 15.0. The number of para-hydroxylation sites is 1. The minimum Gasteiger partial charge on any atom is -0.495 e. The van der Waals surface area contributed by atoms with Crippen molar-refractivity contribution in [3.8, 4) is 5.75 Å². The van der Waals surface area contributed by atoms with Gasteiger partial charge in [0.25, 0.3) is 0 Å². The number of ether oxygens (including phenoxy) is 1. The number of piperazine rings is 1. The number of anilines is 4. The van der Waals surface area contributed by atoms with E-state index in [4.69, 9.17) is 4.74 Å². The van der Waals surface area contributed by atoms with E-state index < -0.39 is 0 Å². The summed E-state index contributed by atoms with van der Waals surface area (Å²) in [6.07, 6.45) is 11.4. The molecular weight excluding hydrogens is 560 g/mol. The van der Waals surface area contributed by atoms with Gasteiger partial charge in [-0.15, -0.1) is 0 Å². The molecule has 1 spiro atoms. The van der Waals surface area contributed by atoms with Crippen molar-refractivity contribution in [3.05, 3.63) is 42.0 Å². The Balaban J connectivity index is 1.24.